The van der Waals surface area contributed by atoms with E-state index in [2.05, 4.69) is 0 Å². The number of aryl methyl sites for hydroxylation is 2. The summed E-state index contributed by atoms with van der Waals surface area (Å²) >= 11 is 6.16. The Kier molecular flexibility index (Phi) is 4.45. The Labute approximate surface area is 117 Å². The van der Waals surface area contributed by atoms with Crippen molar-refractivity contribution in [1.82, 2.24) is 4.90 Å². The number of aliphatic hydroxyl groups is 1. The van der Waals surface area contributed by atoms with Gasteiger partial charge >= 0.3 is 0 Å². The zero-order chi connectivity index (χ0) is 14.0. The standard InChI is InChI=1S/C14H18ClNO3/c1-9-5-12(13(15)6-10(9)2)14(18)16-3-4-19-11(7-16)8-17/h5-6,11,17H,3-4,7-8H2,1-2H3. The van der Waals surface area contributed by atoms with Gasteiger partial charge in [0, 0.05) is 13.1 Å². The second-order valence-corrected chi connectivity index (χ2v) is 5.25. The molecule has 0 aromatic heterocycles. The first-order valence-corrected chi connectivity index (χ1v) is 6.69. The Morgan fingerprint density at radius 1 is 1.47 bits per heavy atom. The summed E-state index contributed by atoms with van der Waals surface area (Å²) in [6.07, 6.45) is -0.303. The summed E-state index contributed by atoms with van der Waals surface area (Å²) in [4.78, 5) is 14.1. The molecule has 1 unspecified atom stereocenters. The van der Waals surface area contributed by atoms with Gasteiger partial charge in [-0.25, -0.2) is 0 Å². The minimum absolute atomic E-state index is 0.0789. The summed E-state index contributed by atoms with van der Waals surface area (Å²) in [7, 11) is 0. The zero-order valence-electron chi connectivity index (χ0n) is 11.1. The van der Waals surface area contributed by atoms with Crippen LogP contribution in [0.1, 0.15) is 21.5 Å². The van der Waals surface area contributed by atoms with Gasteiger partial charge in [-0.1, -0.05) is 11.6 Å². The molecule has 1 aliphatic rings. The van der Waals surface area contributed by atoms with E-state index in [1.54, 1.807) is 4.90 Å². The van der Waals surface area contributed by atoms with E-state index < -0.39 is 0 Å². The van der Waals surface area contributed by atoms with Crippen LogP contribution in [0.2, 0.25) is 5.02 Å². The first-order valence-electron chi connectivity index (χ1n) is 6.31. The van der Waals surface area contributed by atoms with Crippen molar-refractivity contribution in [2.75, 3.05) is 26.3 Å². The largest absolute Gasteiger partial charge is 0.394 e. The lowest BCUT2D eigenvalue weighted by Crippen LogP contribution is -2.47. The lowest BCUT2D eigenvalue weighted by molar-refractivity contribution is -0.0447. The normalized spacial score (nSPS) is 19.6. The molecule has 5 heteroatoms. The van der Waals surface area contributed by atoms with Gasteiger partial charge in [0.2, 0.25) is 0 Å². The molecular formula is C14H18ClNO3. The van der Waals surface area contributed by atoms with Crippen molar-refractivity contribution >= 4 is 17.5 Å². The number of aliphatic hydroxyl groups excluding tert-OH is 1. The van der Waals surface area contributed by atoms with Crippen molar-refractivity contribution in [3.05, 3.63) is 33.8 Å². The molecule has 1 atom stereocenters. The third kappa shape index (κ3) is 3.08. The molecule has 1 N–H and O–H groups in total. The molecule has 1 heterocycles. The topological polar surface area (TPSA) is 49.8 Å². The fourth-order valence-corrected chi connectivity index (χ4v) is 2.43. The molecule has 1 amide bonds. The molecule has 0 saturated carbocycles. The van der Waals surface area contributed by atoms with Crippen LogP contribution in [-0.2, 0) is 4.74 Å². The molecule has 1 aromatic rings. The van der Waals surface area contributed by atoms with E-state index in [9.17, 15) is 4.79 Å². The smallest absolute Gasteiger partial charge is 0.255 e. The third-order valence-corrected chi connectivity index (χ3v) is 3.76. The Balaban J connectivity index is 2.22. The van der Waals surface area contributed by atoms with Gasteiger partial charge in [-0.3, -0.25) is 4.79 Å². The molecule has 1 aromatic carbocycles. The lowest BCUT2D eigenvalue weighted by atomic mass is 10.0. The quantitative estimate of drug-likeness (QED) is 0.900. The minimum atomic E-state index is -0.303. The van der Waals surface area contributed by atoms with Crippen LogP contribution in [0, 0.1) is 13.8 Å². The summed E-state index contributed by atoms with van der Waals surface area (Å²) < 4.78 is 5.34. The van der Waals surface area contributed by atoms with Gasteiger partial charge in [0.25, 0.3) is 5.91 Å². The van der Waals surface area contributed by atoms with E-state index in [0.29, 0.717) is 30.3 Å². The summed E-state index contributed by atoms with van der Waals surface area (Å²) in [6.45, 7) is 5.21. The lowest BCUT2D eigenvalue weighted by Gasteiger charge is -2.32. The van der Waals surface area contributed by atoms with E-state index in [0.717, 1.165) is 11.1 Å². The van der Waals surface area contributed by atoms with Gasteiger partial charge in [-0.15, -0.1) is 0 Å². The number of hydrogen-bond donors (Lipinski definition) is 1. The summed E-state index contributed by atoms with van der Waals surface area (Å²) in [5.74, 6) is -0.102. The van der Waals surface area contributed by atoms with Crippen LogP contribution >= 0.6 is 11.6 Å². The molecular weight excluding hydrogens is 266 g/mol. The van der Waals surface area contributed by atoms with E-state index in [1.807, 2.05) is 26.0 Å². The molecule has 0 aliphatic carbocycles. The fourth-order valence-electron chi connectivity index (χ4n) is 2.13. The van der Waals surface area contributed by atoms with Gasteiger partial charge in [0.15, 0.2) is 0 Å². The molecule has 1 aliphatic heterocycles. The number of amides is 1. The van der Waals surface area contributed by atoms with Crippen molar-refractivity contribution in [2.24, 2.45) is 0 Å². The number of halogens is 1. The van der Waals surface area contributed by atoms with Crippen LogP contribution in [0.5, 0.6) is 0 Å². The van der Waals surface area contributed by atoms with Gasteiger partial charge in [0.05, 0.1) is 29.9 Å². The number of benzene rings is 1. The molecule has 0 radical (unpaired) electrons. The van der Waals surface area contributed by atoms with Crippen LogP contribution in [0.15, 0.2) is 12.1 Å². The minimum Gasteiger partial charge on any atom is -0.394 e. The van der Waals surface area contributed by atoms with Crippen molar-refractivity contribution in [2.45, 2.75) is 20.0 Å². The second-order valence-electron chi connectivity index (χ2n) is 4.84. The SMILES string of the molecule is Cc1cc(Cl)c(C(=O)N2CCOC(CO)C2)cc1C. The molecule has 0 bridgehead atoms. The number of hydrogen-bond acceptors (Lipinski definition) is 3. The maximum Gasteiger partial charge on any atom is 0.255 e. The predicted molar refractivity (Wildman–Crippen MR) is 73.7 cm³/mol. The highest BCUT2D eigenvalue weighted by Crippen LogP contribution is 2.23. The van der Waals surface area contributed by atoms with E-state index >= 15 is 0 Å². The highest BCUT2D eigenvalue weighted by atomic mass is 35.5. The first-order chi connectivity index (χ1) is 9.02. The average Bonchev–Trinajstić information content (AvgIpc) is 2.42. The van der Waals surface area contributed by atoms with Gasteiger partial charge in [-0.05, 0) is 37.1 Å². The third-order valence-electron chi connectivity index (χ3n) is 3.44. The van der Waals surface area contributed by atoms with Gasteiger partial charge in [0.1, 0.15) is 0 Å². The van der Waals surface area contributed by atoms with Crippen molar-refractivity contribution in [3.8, 4) is 0 Å². The van der Waals surface area contributed by atoms with Crippen LogP contribution < -0.4 is 0 Å². The maximum atomic E-state index is 12.4. The second kappa shape index (κ2) is 5.90. The van der Waals surface area contributed by atoms with E-state index in [4.69, 9.17) is 21.4 Å². The van der Waals surface area contributed by atoms with Crippen LogP contribution in [0.3, 0.4) is 0 Å². The average molecular weight is 284 g/mol. The van der Waals surface area contributed by atoms with Gasteiger partial charge in [-0.2, -0.15) is 0 Å². The van der Waals surface area contributed by atoms with Crippen molar-refractivity contribution in [3.63, 3.8) is 0 Å². The van der Waals surface area contributed by atoms with Gasteiger partial charge < -0.3 is 14.7 Å². The molecule has 1 saturated heterocycles. The zero-order valence-corrected chi connectivity index (χ0v) is 11.9. The predicted octanol–water partition coefficient (Wildman–Crippen LogP) is 1.79. The van der Waals surface area contributed by atoms with E-state index in [-0.39, 0.29) is 18.6 Å². The number of ether oxygens (including phenoxy) is 1. The number of carbonyl (C=O) groups is 1. The Bertz CT molecular complexity index is 490. The van der Waals surface area contributed by atoms with Crippen LogP contribution in [0.25, 0.3) is 0 Å². The number of rotatable bonds is 2. The molecule has 0 spiro atoms. The molecule has 19 heavy (non-hydrogen) atoms. The highest BCUT2D eigenvalue weighted by Gasteiger charge is 2.26. The summed E-state index contributed by atoms with van der Waals surface area (Å²) in [6, 6.07) is 3.64. The Hall–Kier alpha value is -1.10. The maximum absolute atomic E-state index is 12.4. The van der Waals surface area contributed by atoms with Crippen LogP contribution in [0.4, 0.5) is 0 Å². The number of morpholine rings is 1. The van der Waals surface area contributed by atoms with Crippen molar-refractivity contribution in [1.29, 1.82) is 0 Å². The molecule has 2 rings (SSSR count). The Morgan fingerprint density at radius 2 is 2.16 bits per heavy atom. The monoisotopic (exact) mass is 283 g/mol. The molecule has 4 nitrogen and oxygen atoms in total. The summed E-state index contributed by atoms with van der Waals surface area (Å²) in [5.41, 5.74) is 2.62. The van der Waals surface area contributed by atoms with Crippen LogP contribution in [-0.4, -0.2) is 48.3 Å². The molecule has 1 fully saturated rings. The Morgan fingerprint density at radius 3 is 2.84 bits per heavy atom. The van der Waals surface area contributed by atoms with Crippen molar-refractivity contribution < 1.29 is 14.6 Å². The fraction of sp³-hybridized carbons (Fsp3) is 0.500. The first kappa shape index (κ1) is 14.3. The highest BCUT2D eigenvalue weighted by molar-refractivity contribution is 6.34. The number of carbonyl (C=O) groups excluding carboxylic acids is 1. The number of nitrogens with zero attached hydrogens (tertiary/aromatic N) is 1. The molecule has 104 valence electrons. The van der Waals surface area contributed by atoms with E-state index in [1.165, 1.54) is 0 Å². The summed E-state index contributed by atoms with van der Waals surface area (Å²) in [5, 5.41) is 9.58.